The number of ether oxygens (including phenoxy) is 1. The van der Waals surface area contributed by atoms with E-state index in [1.54, 1.807) is 13.3 Å². The number of rotatable bonds is 7. The van der Waals surface area contributed by atoms with Crippen molar-refractivity contribution in [3.05, 3.63) is 23.9 Å². The molecule has 1 heterocycles. The van der Waals surface area contributed by atoms with Crippen LogP contribution in [0.25, 0.3) is 0 Å². The molecule has 0 radical (unpaired) electrons. The van der Waals surface area contributed by atoms with Crippen molar-refractivity contribution in [2.75, 3.05) is 39.7 Å². The van der Waals surface area contributed by atoms with Crippen LogP contribution in [0.3, 0.4) is 0 Å². The fourth-order valence-corrected chi connectivity index (χ4v) is 1.64. The summed E-state index contributed by atoms with van der Waals surface area (Å²) in [6.45, 7) is 2.76. The molecule has 0 aliphatic carbocycles. The molecule has 0 unspecified atom stereocenters. The minimum Gasteiger partial charge on any atom is -0.385 e. The zero-order chi connectivity index (χ0) is 11.8. The third-order valence-electron chi connectivity index (χ3n) is 2.46. The number of nitrogens with one attached hydrogen (secondary N) is 1. The molecule has 4 nitrogen and oxygen atoms in total. The number of methoxy groups -OCH3 is 1. The molecule has 1 aromatic rings. The first kappa shape index (κ1) is 12.9. The number of aromatic nitrogens is 1. The maximum atomic E-state index is 5.04. The Labute approximate surface area is 97.6 Å². The standard InChI is InChI=1S/C12H21N3O/c1-13-12-11(6-4-7-14-12)10-15(2)8-5-9-16-3/h4,6-7H,5,8-10H2,1-3H3,(H,13,14). The van der Waals surface area contributed by atoms with Crippen LogP contribution in [0.5, 0.6) is 0 Å². The minimum absolute atomic E-state index is 0.816. The molecule has 0 aliphatic rings. The molecule has 0 aliphatic heterocycles. The summed E-state index contributed by atoms with van der Waals surface area (Å²) >= 11 is 0. The number of nitrogens with zero attached hydrogens (tertiary/aromatic N) is 2. The summed E-state index contributed by atoms with van der Waals surface area (Å²) in [4.78, 5) is 6.56. The second-order valence-corrected chi connectivity index (χ2v) is 3.85. The van der Waals surface area contributed by atoms with Gasteiger partial charge in [0.1, 0.15) is 5.82 Å². The Kier molecular flexibility index (Phi) is 5.82. The Morgan fingerprint density at radius 3 is 3.00 bits per heavy atom. The van der Waals surface area contributed by atoms with Crippen LogP contribution in [-0.4, -0.2) is 44.2 Å². The lowest BCUT2D eigenvalue weighted by Gasteiger charge is -2.17. The molecule has 16 heavy (non-hydrogen) atoms. The topological polar surface area (TPSA) is 37.4 Å². The zero-order valence-corrected chi connectivity index (χ0v) is 10.4. The monoisotopic (exact) mass is 223 g/mol. The number of anilines is 1. The van der Waals surface area contributed by atoms with E-state index in [4.69, 9.17) is 4.74 Å². The average Bonchev–Trinajstić information content (AvgIpc) is 2.30. The molecule has 0 spiro atoms. The lowest BCUT2D eigenvalue weighted by Crippen LogP contribution is -2.21. The molecule has 4 heteroatoms. The van der Waals surface area contributed by atoms with Crippen molar-refractivity contribution in [1.82, 2.24) is 9.88 Å². The van der Waals surface area contributed by atoms with E-state index in [2.05, 4.69) is 28.3 Å². The minimum atomic E-state index is 0.816. The van der Waals surface area contributed by atoms with Gasteiger partial charge in [-0.25, -0.2) is 4.98 Å². The van der Waals surface area contributed by atoms with Gasteiger partial charge in [0.15, 0.2) is 0 Å². The van der Waals surface area contributed by atoms with E-state index in [1.807, 2.05) is 13.1 Å². The lowest BCUT2D eigenvalue weighted by atomic mass is 10.2. The first-order chi connectivity index (χ1) is 7.77. The summed E-state index contributed by atoms with van der Waals surface area (Å²) in [5.74, 6) is 0.959. The highest BCUT2D eigenvalue weighted by molar-refractivity contribution is 5.42. The van der Waals surface area contributed by atoms with Crippen LogP contribution in [0.15, 0.2) is 18.3 Å². The predicted molar refractivity (Wildman–Crippen MR) is 66.6 cm³/mol. The van der Waals surface area contributed by atoms with Crippen LogP contribution in [0.4, 0.5) is 5.82 Å². The highest BCUT2D eigenvalue weighted by Gasteiger charge is 2.04. The Bertz CT molecular complexity index is 304. The van der Waals surface area contributed by atoms with Crippen LogP contribution >= 0.6 is 0 Å². The molecule has 0 atom stereocenters. The molecule has 0 bridgehead atoms. The largest absolute Gasteiger partial charge is 0.385 e. The average molecular weight is 223 g/mol. The van der Waals surface area contributed by atoms with Crippen molar-refractivity contribution in [1.29, 1.82) is 0 Å². The van der Waals surface area contributed by atoms with Crippen molar-refractivity contribution >= 4 is 5.82 Å². The van der Waals surface area contributed by atoms with Gasteiger partial charge in [-0.05, 0) is 19.5 Å². The third-order valence-corrected chi connectivity index (χ3v) is 2.46. The van der Waals surface area contributed by atoms with Crippen molar-refractivity contribution in [3.63, 3.8) is 0 Å². The molecule has 0 saturated carbocycles. The number of pyridine rings is 1. The van der Waals surface area contributed by atoms with Gasteiger partial charge in [-0.15, -0.1) is 0 Å². The van der Waals surface area contributed by atoms with Crippen LogP contribution in [0, 0.1) is 0 Å². The first-order valence-corrected chi connectivity index (χ1v) is 5.57. The normalized spacial score (nSPS) is 10.8. The quantitative estimate of drug-likeness (QED) is 0.712. The van der Waals surface area contributed by atoms with Crippen molar-refractivity contribution in [2.45, 2.75) is 13.0 Å². The molecule has 0 aromatic carbocycles. The summed E-state index contributed by atoms with van der Waals surface area (Å²) in [7, 11) is 5.75. The molecule has 90 valence electrons. The maximum Gasteiger partial charge on any atom is 0.130 e. The van der Waals surface area contributed by atoms with Crippen molar-refractivity contribution in [3.8, 4) is 0 Å². The maximum absolute atomic E-state index is 5.04. The van der Waals surface area contributed by atoms with E-state index in [0.29, 0.717) is 0 Å². The molecule has 1 rings (SSSR count). The predicted octanol–water partition coefficient (Wildman–Crippen LogP) is 1.59. The molecule has 0 amide bonds. The summed E-state index contributed by atoms with van der Waals surface area (Å²) in [6.07, 6.45) is 2.86. The Morgan fingerprint density at radius 1 is 1.50 bits per heavy atom. The SMILES string of the molecule is CNc1ncccc1CN(C)CCCOC. The van der Waals surface area contributed by atoms with Crippen molar-refractivity contribution in [2.24, 2.45) is 0 Å². The van der Waals surface area contributed by atoms with Gasteiger partial charge in [-0.1, -0.05) is 6.07 Å². The first-order valence-electron chi connectivity index (χ1n) is 5.57. The fraction of sp³-hybridized carbons (Fsp3) is 0.583. The fourth-order valence-electron chi connectivity index (χ4n) is 1.64. The molecule has 0 saturated heterocycles. The van der Waals surface area contributed by atoms with Crippen LogP contribution in [-0.2, 0) is 11.3 Å². The summed E-state index contributed by atoms with van der Waals surface area (Å²) < 4.78 is 5.04. The highest BCUT2D eigenvalue weighted by atomic mass is 16.5. The summed E-state index contributed by atoms with van der Waals surface area (Å²) in [6, 6.07) is 4.07. The van der Waals surface area contributed by atoms with Gasteiger partial charge in [-0.2, -0.15) is 0 Å². The Morgan fingerprint density at radius 2 is 2.31 bits per heavy atom. The smallest absolute Gasteiger partial charge is 0.130 e. The van der Waals surface area contributed by atoms with Gasteiger partial charge in [0, 0.05) is 45.6 Å². The van der Waals surface area contributed by atoms with Gasteiger partial charge in [0.2, 0.25) is 0 Å². The van der Waals surface area contributed by atoms with E-state index in [1.165, 1.54) is 5.56 Å². The molecule has 1 N–H and O–H groups in total. The van der Waals surface area contributed by atoms with Gasteiger partial charge in [0.25, 0.3) is 0 Å². The van der Waals surface area contributed by atoms with Gasteiger partial charge in [0.05, 0.1) is 0 Å². The molecular weight excluding hydrogens is 202 g/mol. The van der Waals surface area contributed by atoms with Crippen LogP contribution in [0.2, 0.25) is 0 Å². The van der Waals surface area contributed by atoms with Crippen molar-refractivity contribution < 1.29 is 4.74 Å². The number of hydrogen-bond acceptors (Lipinski definition) is 4. The number of hydrogen-bond donors (Lipinski definition) is 1. The zero-order valence-electron chi connectivity index (χ0n) is 10.4. The van der Waals surface area contributed by atoms with Crippen LogP contribution < -0.4 is 5.32 Å². The summed E-state index contributed by atoms with van der Waals surface area (Å²) in [5, 5.41) is 3.11. The van der Waals surface area contributed by atoms with E-state index in [0.717, 1.165) is 31.9 Å². The molecule has 1 aromatic heterocycles. The van der Waals surface area contributed by atoms with E-state index in [-0.39, 0.29) is 0 Å². The Hall–Kier alpha value is -1.13. The molecule has 0 fully saturated rings. The Balaban J connectivity index is 2.45. The lowest BCUT2D eigenvalue weighted by molar-refractivity contribution is 0.178. The summed E-state index contributed by atoms with van der Waals surface area (Å²) in [5.41, 5.74) is 1.23. The van der Waals surface area contributed by atoms with E-state index < -0.39 is 0 Å². The van der Waals surface area contributed by atoms with E-state index in [9.17, 15) is 0 Å². The van der Waals surface area contributed by atoms with Gasteiger partial charge < -0.3 is 15.0 Å². The second kappa shape index (κ2) is 7.19. The highest BCUT2D eigenvalue weighted by Crippen LogP contribution is 2.12. The van der Waals surface area contributed by atoms with E-state index >= 15 is 0 Å². The van der Waals surface area contributed by atoms with Crippen LogP contribution in [0.1, 0.15) is 12.0 Å². The third kappa shape index (κ3) is 4.16. The van der Waals surface area contributed by atoms with Gasteiger partial charge >= 0.3 is 0 Å². The van der Waals surface area contributed by atoms with Gasteiger partial charge in [-0.3, -0.25) is 0 Å². The molecular formula is C12H21N3O. The second-order valence-electron chi connectivity index (χ2n) is 3.85.